The van der Waals surface area contributed by atoms with Crippen molar-refractivity contribution < 1.29 is 27.6 Å². The predicted molar refractivity (Wildman–Crippen MR) is 165 cm³/mol. The predicted octanol–water partition coefficient (Wildman–Crippen LogP) is 6.11. The molecule has 2 saturated heterocycles. The van der Waals surface area contributed by atoms with E-state index in [4.69, 9.17) is 0 Å². The summed E-state index contributed by atoms with van der Waals surface area (Å²) < 4.78 is 46.4. The number of rotatable bonds is 5. The maximum Gasteiger partial charge on any atom is 0.404 e. The number of nitrogens with zero attached hydrogens (tertiary/aromatic N) is 2. The second-order valence-electron chi connectivity index (χ2n) is 11.8. The number of Topliss-reactive ketones (excluding diaryl/α,β-unsaturated/α-hetero) is 1. The minimum atomic E-state index is -4.87. The van der Waals surface area contributed by atoms with Crippen LogP contribution in [-0.2, 0) is 33.0 Å². The van der Waals surface area contributed by atoms with Crippen molar-refractivity contribution in [3.63, 3.8) is 0 Å². The van der Waals surface area contributed by atoms with Gasteiger partial charge in [-0.1, -0.05) is 107 Å². The first kappa shape index (κ1) is 29.4. The lowest BCUT2D eigenvalue weighted by atomic mass is 9.59. The Kier molecular flexibility index (Phi) is 6.98. The largest absolute Gasteiger partial charge is 0.404 e. The third-order valence-corrected chi connectivity index (χ3v) is 9.91. The maximum atomic E-state index is 15.3. The van der Waals surface area contributed by atoms with Gasteiger partial charge in [0.05, 0.1) is 12.0 Å². The first-order valence-corrected chi connectivity index (χ1v) is 15.3. The molecule has 0 aliphatic carbocycles. The molecule has 3 aliphatic heterocycles. The minimum Gasteiger partial charge on any atom is -0.331 e. The molecule has 0 radical (unpaired) electrons. The average molecular weight is 675 g/mol. The Bertz CT molecular complexity index is 1800. The molecule has 4 aromatic rings. The van der Waals surface area contributed by atoms with Crippen LogP contribution in [0.25, 0.3) is 0 Å². The molecule has 0 saturated carbocycles. The van der Waals surface area contributed by atoms with Crippen LogP contribution >= 0.6 is 15.9 Å². The van der Waals surface area contributed by atoms with Crippen molar-refractivity contribution in [1.82, 2.24) is 10.2 Å². The molecule has 0 unspecified atom stereocenters. The highest BCUT2D eigenvalue weighted by Gasteiger charge is 2.81. The number of likely N-dealkylation sites (tertiary alicyclic amines) is 1. The summed E-state index contributed by atoms with van der Waals surface area (Å²) in [6.07, 6.45) is -4.87. The van der Waals surface area contributed by atoms with E-state index in [2.05, 4.69) is 21.2 Å². The number of fused-ring (bicyclic) bond motifs is 3. The number of benzene rings is 4. The van der Waals surface area contributed by atoms with Crippen LogP contribution in [0.4, 0.5) is 18.9 Å². The number of hydrogen-bond donors (Lipinski definition) is 1. The van der Waals surface area contributed by atoms with E-state index in [1.54, 1.807) is 60.7 Å². The van der Waals surface area contributed by atoms with Gasteiger partial charge in [0.15, 0.2) is 0 Å². The number of alkyl halides is 3. The average Bonchev–Trinajstić information content (AvgIpc) is 3.58. The van der Waals surface area contributed by atoms with Gasteiger partial charge in [-0.25, -0.2) is 0 Å². The maximum absolute atomic E-state index is 15.3. The molecule has 2 spiro atoms. The fraction of sp³-hybridized carbons (Fsp3) is 0.229. The van der Waals surface area contributed by atoms with Crippen LogP contribution in [0.5, 0.6) is 0 Å². The summed E-state index contributed by atoms with van der Waals surface area (Å²) in [5.74, 6) is -4.19. The molecule has 3 heterocycles. The van der Waals surface area contributed by atoms with E-state index >= 15 is 13.2 Å². The zero-order valence-electron chi connectivity index (χ0n) is 23.8. The molecule has 7 rings (SSSR count). The number of hydrogen-bond acceptors (Lipinski definition) is 4. The molecule has 2 amide bonds. The number of nitrogens with one attached hydrogen (secondary N) is 1. The highest BCUT2D eigenvalue weighted by Crippen LogP contribution is 2.65. The number of amides is 2. The summed E-state index contributed by atoms with van der Waals surface area (Å²) in [5, 5.41) is 2.73. The van der Waals surface area contributed by atoms with E-state index in [0.29, 0.717) is 15.7 Å². The van der Waals surface area contributed by atoms with Gasteiger partial charge in [-0.3, -0.25) is 19.7 Å². The SMILES string of the molecule is O=C1C(=O)[C@]2(CN1Cc1ccccc1)[C@@H](c1ccc(Br)cc1)[C@H](C(F)(F)F)N[C@@]21C(=O)N(Cc2ccccc2)c2ccccc21. The molecule has 1 N–H and O–H groups in total. The molecular weight excluding hydrogens is 647 g/mol. The van der Waals surface area contributed by atoms with Crippen molar-refractivity contribution in [2.24, 2.45) is 5.41 Å². The zero-order valence-corrected chi connectivity index (χ0v) is 25.4. The van der Waals surface area contributed by atoms with Crippen molar-refractivity contribution in [2.75, 3.05) is 11.4 Å². The summed E-state index contributed by atoms with van der Waals surface area (Å²) in [4.78, 5) is 46.3. The summed E-state index contributed by atoms with van der Waals surface area (Å²) in [5.41, 5.74) is -1.95. The van der Waals surface area contributed by atoms with Crippen molar-refractivity contribution in [3.8, 4) is 0 Å². The number of para-hydroxylation sites is 1. The van der Waals surface area contributed by atoms with Crippen molar-refractivity contribution >= 4 is 39.2 Å². The number of carbonyl (C=O) groups excluding carboxylic acids is 3. The number of carbonyl (C=O) groups is 3. The quantitative estimate of drug-likeness (QED) is 0.260. The number of anilines is 1. The highest BCUT2D eigenvalue weighted by atomic mass is 79.9. The van der Waals surface area contributed by atoms with Crippen LogP contribution < -0.4 is 10.2 Å². The molecule has 0 bridgehead atoms. The van der Waals surface area contributed by atoms with E-state index < -0.39 is 46.7 Å². The van der Waals surface area contributed by atoms with Gasteiger partial charge < -0.3 is 9.80 Å². The molecule has 4 atom stereocenters. The fourth-order valence-electron chi connectivity index (χ4n) is 7.57. The van der Waals surface area contributed by atoms with Crippen LogP contribution in [0, 0.1) is 5.41 Å². The zero-order chi connectivity index (χ0) is 31.6. The molecule has 2 fully saturated rings. The van der Waals surface area contributed by atoms with Crippen molar-refractivity contribution in [3.05, 3.63) is 136 Å². The smallest absolute Gasteiger partial charge is 0.331 e. The van der Waals surface area contributed by atoms with Gasteiger partial charge in [-0.2, -0.15) is 13.2 Å². The third-order valence-electron chi connectivity index (χ3n) is 9.38. The molecule has 4 aromatic carbocycles. The van der Waals surface area contributed by atoms with Gasteiger partial charge in [0.2, 0.25) is 5.78 Å². The normalized spacial score (nSPS) is 26.0. The Labute approximate surface area is 266 Å². The van der Waals surface area contributed by atoms with E-state index in [1.807, 2.05) is 36.4 Å². The fourth-order valence-corrected chi connectivity index (χ4v) is 7.83. The lowest BCUT2D eigenvalue weighted by Gasteiger charge is -2.40. The van der Waals surface area contributed by atoms with Gasteiger partial charge >= 0.3 is 6.18 Å². The van der Waals surface area contributed by atoms with E-state index in [1.165, 1.54) is 21.9 Å². The van der Waals surface area contributed by atoms with Gasteiger partial charge in [-0.05, 0) is 34.9 Å². The van der Waals surface area contributed by atoms with E-state index in [0.717, 1.165) is 5.56 Å². The van der Waals surface area contributed by atoms with Crippen LogP contribution in [0.15, 0.2) is 114 Å². The molecule has 228 valence electrons. The summed E-state index contributed by atoms with van der Waals surface area (Å²) >= 11 is 3.35. The van der Waals surface area contributed by atoms with Gasteiger partial charge in [0, 0.05) is 34.7 Å². The number of ketones is 1. The van der Waals surface area contributed by atoms with Crippen LogP contribution in [0.1, 0.15) is 28.2 Å². The van der Waals surface area contributed by atoms with Crippen LogP contribution in [0.2, 0.25) is 0 Å². The Morgan fingerprint density at radius 2 is 1.36 bits per heavy atom. The Hall–Kier alpha value is -4.28. The molecule has 6 nitrogen and oxygen atoms in total. The van der Waals surface area contributed by atoms with E-state index in [-0.39, 0.29) is 30.8 Å². The molecular formula is C35H27BrF3N3O3. The van der Waals surface area contributed by atoms with Crippen LogP contribution in [0.3, 0.4) is 0 Å². The highest BCUT2D eigenvalue weighted by molar-refractivity contribution is 9.10. The molecule has 10 heteroatoms. The second kappa shape index (κ2) is 10.7. The van der Waals surface area contributed by atoms with Gasteiger partial charge in [0.25, 0.3) is 11.8 Å². The number of halogens is 4. The van der Waals surface area contributed by atoms with Crippen molar-refractivity contribution in [2.45, 2.75) is 36.8 Å². The Morgan fingerprint density at radius 3 is 1.98 bits per heavy atom. The molecule has 3 aliphatic rings. The Morgan fingerprint density at radius 1 is 0.778 bits per heavy atom. The lowest BCUT2D eigenvalue weighted by molar-refractivity contribution is -0.159. The summed E-state index contributed by atoms with van der Waals surface area (Å²) in [7, 11) is 0. The second-order valence-corrected chi connectivity index (χ2v) is 12.7. The standard InChI is InChI=1S/C35H27BrF3N3O3/c36-25-17-15-24(16-18-25)28-29(35(37,38)39)40-34(33(28)21-41(31(44)30(33)43)19-22-9-3-1-4-10-22)26-13-7-8-14-27(26)42(32(34)45)20-23-11-5-2-6-12-23/h1-18,28-29,40H,19-21H2/t28-,29+,33-,34-/m0/s1. The van der Waals surface area contributed by atoms with Gasteiger partial charge in [0.1, 0.15) is 11.6 Å². The minimum absolute atomic E-state index is 0.0105. The monoisotopic (exact) mass is 673 g/mol. The first-order valence-electron chi connectivity index (χ1n) is 14.5. The van der Waals surface area contributed by atoms with Crippen molar-refractivity contribution in [1.29, 1.82) is 0 Å². The topological polar surface area (TPSA) is 69.7 Å². The first-order chi connectivity index (χ1) is 21.6. The summed E-state index contributed by atoms with van der Waals surface area (Å²) in [6, 6.07) is 28.7. The molecule has 45 heavy (non-hydrogen) atoms. The summed E-state index contributed by atoms with van der Waals surface area (Å²) in [6.45, 7) is -0.290. The van der Waals surface area contributed by atoms with E-state index in [9.17, 15) is 14.4 Å². The lowest BCUT2D eigenvalue weighted by Crippen LogP contribution is -2.60. The Balaban J connectivity index is 1.48. The third kappa shape index (κ3) is 4.37. The van der Waals surface area contributed by atoms with Crippen LogP contribution in [-0.4, -0.2) is 41.3 Å². The van der Waals surface area contributed by atoms with Gasteiger partial charge in [-0.15, -0.1) is 0 Å². The molecule has 0 aromatic heterocycles.